The molecule has 2 N–H and O–H groups in total. The standard InChI is InChI=1S/C17H24N2O2.ClH/c20-17(19-10-6-13-7-11-21-12-8-13)15-3-1-5-16-14(15)4-2-9-18-16;/h1,3,5,13,18H,2,4,6-12H2,(H,19,20);1H. The summed E-state index contributed by atoms with van der Waals surface area (Å²) in [6.45, 7) is 3.51. The Balaban J connectivity index is 0.00000176. The molecule has 0 saturated carbocycles. The van der Waals surface area contributed by atoms with Crippen molar-refractivity contribution in [2.45, 2.75) is 32.1 Å². The topological polar surface area (TPSA) is 50.4 Å². The van der Waals surface area contributed by atoms with Crippen molar-refractivity contribution in [3.05, 3.63) is 29.3 Å². The van der Waals surface area contributed by atoms with Crippen LogP contribution in [0.1, 0.15) is 41.6 Å². The van der Waals surface area contributed by atoms with Crippen molar-refractivity contribution in [2.75, 3.05) is 31.6 Å². The van der Waals surface area contributed by atoms with Gasteiger partial charge in [-0.25, -0.2) is 0 Å². The molecule has 5 heteroatoms. The van der Waals surface area contributed by atoms with Crippen LogP contribution in [0.25, 0.3) is 0 Å². The molecule has 0 aliphatic carbocycles. The van der Waals surface area contributed by atoms with Gasteiger partial charge in [0.15, 0.2) is 0 Å². The Bertz CT molecular complexity index is 501. The van der Waals surface area contributed by atoms with Gasteiger partial charge in [-0.15, -0.1) is 12.4 Å². The Morgan fingerprint density at radius 1 is 1.32 bits per heavy atom. The van der Waals surface area contributed by atoms with E-state index in [2.05, 4.69) is 16.7 Å². The molecule has 0 radical (unpaired) electrons. The van der Waals surface area contributed by atoms with Gasteiger partial charge in [-0.3, -0.25) is 4.79 Å². The predicted octanol–water partition coefficient (Wildman–Crippen LogP) is 3.01. The second-order valence-corrected chi connectivity index (χ2v) is 5.96. The fourth-order valence-corrected chi connectivity index (χ4v) is 3.24. The molecule has 0 spiro atoms. The Morgan fingerprint density at radius 2 is 2.14 bits per heavy atom. The van der Waals surface area contributed by atoms with Crippen molar-refractivity contribution < 1.29 is 9.53 Å². The summed E-state index contributed by atoms with van der Waals surface area (Å²) >= 11 is 0. The van der Waals surface area contributed by atoms with Crippen molar-refractivity contribution >= 4 is 24.0 Å². The van der Waals surface area contributed by atoms with E-state index in [1.165, 1.54) is 5.56 Å². The van der Waals surface area contributed by atoms with Crippen molar-refractivity contribution in [2.24, 2.45) is 5.92 Å². The highest BCUT2D eigenvalue weighted by Crippen LogP contribution is 2.25. The number of benzene rings is 1. The first-order valence-corrected chi connectivity index (χ1v) is 8.06. The molecule has 0 bridgehead atoms. The Hall–Kier alpha value is -1.26. The molecule has 22 heavy (non-hydrogen) atoms. The molecule has 1 saturated heterocycles. The third-order valence-corrected chi connectivity index (χ3v) is 4.52. The monoisotopic (exact) mass is 324 g/mol. The van der Waals surface area contributed by atoms with E-state index in [0.29, 0.717) is 5.92 Å². The number of anilines is 1. The minimum atomic E-state index is 0. The van der Waals surface area contributed by atoms with Crippen LogP contribution in [0.4, 0.5) is 5.69 Å². The van der Waals surface area contributed by atoms with Gasteiger partial charge in [-0.2, -0.15) is 0 Å². The smallest absolute Gasteiger partial charge is 0.251 e. The van der Waals surface area contributed by atoms with Crippen LogP contribution in [0.3, 0.4) is 0 Å². The normalized spacial score (nSPS) is 17.8. The van der Waals surface area contributed by atoms with E-state index in [9.17, 15) is 4.79 Å². The summed E-state index contributed by atoms with van der Waals surface area (Å²) < 4.78 is 5.36. The Morgan fingerprint density at radius 3 is 2.95 bits per heavy atom. The quantitative estimate of drug-likeness (QED) is 0.895. The van der Waals surface area contributed by atoms with Crippen LogP contribution in [0.5, 0.6) is 0 Å². The zero-order valence-corrected chi connectivity index (χ0v) is 13.7. The zero-order valence-electron chi connectivity index (χ0n) is 12.9. The molecule has 1 aromatic rings. The maximum absolute atomic E-state index is 12.4. The second-order valence-electron chi connectivity index (χ2n) is 5.96. The largest absolute Gasteiger partial charge is 0.385 e. The lowest BCUT2D eigenvalue weighted by molar-refractivity contribution is 0.0636. The molecule has 2 heterocycles. The molecule has 0 aromatic heterocycles. The van der Waals surface area contributed by atoms with E-state index in [0.717, 1.165) is 69.7 Å². The predicted molar refractivity (Wildman–Crippen MR) is 91.0 cm³/mol. The van der Waals surface area contributed by atoms with Gasteiger partial charge in [0.05, 0.1) is 0 Å². The Labute approximate surface area is 138 Å². The van der Waals surface area contributed by atoms with E-state index in [1.807, 2.05) is 12.1 Å². The molecule has 4 nitrogen and oxygen atoms in total. The molecular formula is C17H25ClN2O2. The summed E-state index contributed by atoms with van der Waals surface area (Å²) in [7, 11) is 0. The van der Waals surface area contributed by atoms with Crippen LogP contribution in [-0.2, 0) is 11.2 Å². The summed E-state index contributed by atoms with van der Waals surface area (Å²) in [4.78, 5) is 12.4. The fraction of sp³-hybridized carbons (Fsp3) is 0.588. The molecule has 2 aliphatic rings. The van der Waals surface area contributed by atoms with Gasteiger partial charge in [-0.05, 0) is 55.7 Å². The van der Waals surface area contributed by atoms with Crippen LogP contribution in [0.15, 0.2) is 18.2 Å². The summed E-state index contributed by atoms with van der Waals surface area (Å²) in [5, 5.41) is 6.46. The Kier molecular flexibility index (Phi) is 6.52. The van der Waals surface area contributed by atoms with Gasteiger partial charge in [0, 0.05) is 37.6 Å². The van der Waals surface area contributed by atoms with E-state index in [4.69, 9.17) is 4.74 Å². The average Bonchev–Trinajstić information content (AvgIpc) is 2.55. The molecule has 122 valence electrons. The number of ether oxygens (including phenoxy) is 1. The van der Waals surface area contributed by atoms with Gasteiger partial charge in [-0.1, -0.05) is 6.07 Å². The number of hydrogen-bond donors (Lipinski definition) is 2. The number of carbonyl (C=O) groups excluding carboxylic acids is 1. The lowest BCUT2D eigenvalue weighted by Gasteiger charge is -2.23. The SMILES string of the molecule is Cl.O=C(NCCC1CCOCC1)c1cccc2c1CCCN2. The number of fused-ring (bicyclic) bond motifs is 1. The maximum atomic E-state index is 12.4. The van der Waals surface area contributed by atoms with E-state index in [-0.39, 0.29) is 18.3 Å². The highest BCUT2D eigenvalue weighted by Gasteiger charge is 2.18. The number of hydrogen-bond acceptors (Lipinski definition) is 3. The summed E-state index contributed by atoms with van der Waals surface area (Å²) in [5.41, 5.74) is 3.14. The minimum Gasteiger partial charge on any atom is -0.385 e. The number of halogens is 1. The fourth-order valence-electron chi connectivity index (χ4n) is 3.24. The van der Waals surface area contributed by atoms with Gasteiger partial charge in [0.25, 0.3) is 5.91 Å². The van der Waals surface area contributed by atoms with Gasteiger partial charge in [0.2, 0.25) is 0 Å². The number of rotatable bonds is 4. The summed E-state index contributed by atoms with van der Waals surface area (Å²) in [6.07, 6.45) is 5.40. The van der Waals surface area contributed by atoms with Gasteiger partial charge >= 0.3 is 0 Å². The third-order valence-electron chi connectivity index (χ3n) is 4.52. The molecule has 3 rings (SSSR count). The highest BCUT2D eigenvalue weighted by atomic mass is 35.5. The third kappa shape index (κ3) is 4.14. The first-order valence-electron chi connectivity index (χ1n) is 8.06. The van der Waals surface area contributed by atoms with E-state index >= 15 is 0 Å². The molecule has 1 fully saturated rings. The molecule has 2 aliphatic heterocycles. The van der Waals surface area contributed by atoms with Crippen molar-refractivity contribution in [1.82, 2.24) is 5.32 Å². The van der Waals surface area contributed by atoms with Crippen molar-refractivity contribution in [3.63, 3.8) is 0 Å². The zero-order chi connectivity index (χ0) is 14.5. The molecular weight excluding hydrogens is 300 g/mol. The highest BCUT2D eigenvalue weighted by molar-refractivity contribution is 5.97. The van der Waals surface area contributed by atoms with Crippen LogP contribution in [0.2, 0.25) is 0 Å². The second kappa shape index (κ2) is 8.39. The number of carbonyl (C=O) groups is 1. The van der Waals surface area contributed by atoms with E-state index < -0.39 is 0 Å². The summed E-state index contributed by atoms with van der Waals surface area (Å²) in [5.74, 6) is 0.771. The molecule has 0 unspecified atom stereocenters. The van der Waals surface area contributed by atoms with Crippen LogP contribution in [-0.4, -0.2) is 32.2 Å². The van der Waals surface area contributed by atoms with Crippen molar-refractivity contribution in [1.29, 1.82) is 0 Å². The van der Waals surface area contributed by atoms with Crippen LogP contribution < -0.4 is 10.6 Å². The molecule has 1 aromatic carbocycles. The number of amides is 1. The maximum Gasteiger partial charge on any atom is 0.251 e. The lowest BCUT2D eigenvalue weighted by atomic mass is 9.96. The minimum absolute atomic E-state index is 0. The first-order chi connectivity index (χ1) is 10.3. The van der Waals surface area contributed by atoms with Crippen molar-refractivity contribution in [3.8, 4) is 0 Å². The molecule has 0 atom stereocenters. The first kappa shape index (κ1) is 17.1. The lowest BCUT2D eigenvalue weighted by Crippen LogP contribution is -2.29. The molecule has 1 amide bonds. The van der Waals surface area contributed by atoms with Gasteiger partial charge in [0.1, 0.15) is 0 Å². The van der Waals surface area contributed by atoms with Crippen LogP contribution >= 0.6 is 12.4 Å². The van der Waals surface area contributed by atoms with Gasteiger partial charge < -0.3 is 15.4 Å². The number of nitrogens with one attached hydrogen (secondary N) is 2. The summed E-state index contributed by atoms with van der Waals surface area (Å²) in [6, 6.07) is 5.97. The van der Waals surface area contributed by atoms with Crippen LogP contribution in [0, 0.1) is 5.92 Å². The van der Waals surface area contributed by atoms with E-state index in [1.54, 1.807) is 0 Å². The average molecular weight is 325 g/mol.